The topological polar surface area (TPSA) is 111 Å². The minimum atomic E-state index is -0.587. The Bertz CT molecular complexity index is 1600. The van der Waals surface area contributed by atoms with E-state index in [0.29, 0.717) is 22.8 Å². The summed E-state index contributed by atoms with van der Waals surface area (Å²) in [5.41, 5.74) is 1.82. The van der Waals surface area contributed by atoms with Crippen molar-refractivity contribution in [1.29, 1.82) is 5.26 Å². The molecule has 0 aliphatic rings. The number of rotatable bonds is 4. The number of carbonyl (C=O) groups excluding carboxylic acids is 1. The van der Waals surface area contributed by atoms with Gasteiger partial charge in [-0.1, -0.05) is 6.07 Å². The Hall–Kier alpha value is -4.45. The third-order valence-corrected chi connectivity index (χ3v) is 5.49. The van der Waals surface area contributed by atoms with Crippen molar-refractivity contribution >= 4 is 22.6 Å². The molecular weight excluding hydrogens is 434 g/mol. The Morgan fingerprint density at radius 1 is 1.12 bits per heavy atom. The van der Waals surface area contributed by atoms with Crippen LogP contribution in [0.2, 0.25) is 0 Å². The molecule has 0 radical (unpaired) electrons. The molecule has 0 saturated carbocycles. The number of nitrogens with zero attached hydrogens (tertiary/aromatic N) is 5. The molecule has 0 saturated heterocycles. The molecule has 0 aliphatic carbocycles. The van der Waals surface area contributed by atoms with Crippen LogP contribution in [0.1, 0.15) is 41.4 Å². The monoisotopic (exact) mass is 457 g/mol. The molecule has 0 spiro atoms. The number of fused-ring (bicyclic) bond motifs is 2. The first-order valence-electron chi connectivity index (χ1n) is 10.6. The average Bonchev–Trinajstić information content (AvgIpc) is 2.83. The van der Waals surface area contributed by atoms with Crippen LogP contribution in [0.15, 0.2) is 52.4 Å². The van der Waals surface area contributed by atoms with E-state index in [1.807, 2.05) is 26.8 Å². The van der Waals surface area contributed by atoms with Crippen LogP contribution < -0.4 is 20.5 Å². The summed E-state index contributed by atoms with van der Waals surface area (Å²) in [5.74, 6) is 0.284. The number of aryl methyl sites for hydroxylation is 1. The second-order valence-corrected chi connectivity index (χ2v) is 8.01. The van der Waals surface area contributed by atoms with E-state index < -0.39 is 5.91 Å². The highest BCUT2D eigenvalue weighted by Gasteiger charge is 2.18. The summed E-state index contributed by atoms with van der Waals surface area (Å²) in [4.78, 5) is 35.5. The Morgan fingerprint density at radius 3 is 2.38 bits per heavy atom. The van der Waals surface area contributed by atoms with Crippen molar-refractivity contribution in [3.8, 4) is 17.6 Å². The molecule has 4 rings (SSSR count). The summed E-state index contributed by atoms with van der Waals surface area (Å²) in [6, 6.07) is 11.6. The van der Waals surface area contributed by atoms with E-state index in [1.165, 1.54) is 24.7 Å². The van der Waals surface area contributed by atoms with Gasteiger partial charge in [-0.2, -0.15) is 10.3 Å². The fourth-order valence-corrected chi connectivity index (χ4v) is 3.83. The number of carbonyl (C=O) groups is 1. The average molecular weight is 457 g/mol. The number of aromatic nitrogens is 3. The smallest absolute Gasteiger partial charge is 0.279 e. The molecule has 0 bridgehead atoms. The molecule has 4 aromatic rings. The van der Waals surface area contributed by atoms with E-state index in [9.17, 15) is 14.9 Å². The van der Waals surface area contributed by atoms with Crippen molar-refractivity contribution in [1.82, 2.24) is 14.0 Å². The van der Waals surface area contributed by atoms with Crippen LogP contribution in [-0.2, 0) is 0 Å². The van der Waals surface area contributed by atoms with Gasteiger partial charge in [-0.3, -0.25) is 14.0 Å². The molecule has 0 N–H and O–H groups in total. The quantitative estimate of drug-likeness (QED) is 0.435. The van der Waals surface area contributed by atoms with Gasteiger partial charge in [0.1, 0.15) is 28.9 Å². The van der Waals surface area contributed by atoms with Gasteiger partial charge in [0.05, 0.1) is 25.2 Å². The van der Waals surface area contributed by atoms with Crippen molar-refractivity contribution in [2.75, 3.05) is 14.2 Å². The maximum atomic E-state index is 13.3. The normalized spacial score (nSPS) is 11.7. The number of nitriles is 1. The van der Waals surface area contributed by atoms with E-state index in [2.05, 4.69) is 11.1 Å². The second kappa shape index (κ2) is 8.83. The highest BCUT2D eigenvalue weighted by atomic mass is 16.5. The number of ether oxygens (including phenoxy) is 2. The van der Waals surface area contributed by atoms with E-state index in [0.717, 1.165) is 5.56 Å². The lowest BCUT2D eigenvalue weighted by molar-refractivity contribution is 0.0996. The molecule has 0 atom stereocenters. The van der Waals surface area contributed by atoms with E-state index in [4.69, 9.17) is 14.5 Å². The second-order valence-electron chi connectivity index (χ2n) is 8.01. The summed E-state index contributed by atoms with van der Waals surface area (Å²) >= 11 is 0. The van der Waals surface area contributed by atoms with E-state index in [-0.39, 0.29) is 33.6 Å². The molecule has 9 nitrogen and oxygen atoms in total. The van der Waals surface area contributed by atoms with Gasteiger partial charge in [0.25, 0.3) is 11.5 Å². The van der Waals surface area contributed by atoms with Crippen LogP contribution in [0, 0.1) is 18.3 Å². The lowest BCUT2D eigenvalue weighted by Gasteiger charge is -2.17. The van der Waals surface area contributed by atoms with Crippen LogP contribution in [0.25, 0.3) is 16.7 Å². The first kappa shape index (κ1) is 22.7. The fraction of sp³-hybridized carbons (Fsp3) is 0.240. The van der Waals surface area contributed by atoms with Gasteiger partial charge in [0.15, 0.2) is 5.49 Å². The highest BCUT2D eigenvalue weighted by Crippen LogP contribution is 2.23. The van der Waals surface area contributed by atoms with Crippen LogP contribution in [0.4, 0.5) is 0 Å². The highest BCUT2D eigenvalue weighted by molar-refractivity contribution is 5.96. The third-order valence-electron chi connectivity index (χ3n) is 5.49. The number of pyridine rings is 2. The molecule has 172 valence electrons. The molecule has 1 aromatic carbocycles. The zero-order valence-corrected chi connectivity index (χ0v) is 19.5. The zero-order valence-electron chi connectivity index (χ0n) is 19.5. The van der Waals surface area contributed by atoms with Crippen molar-refractivity contribution in [3.63, 3.8) is 0 Å². The van der Waals surface area contributed by atoms with Gasteiger partial charge in [0, 0.05) is 23.9 Å². The molecule has 1 amide bonds. The van der Waals surface area contributed by atoms with Crippen LogP contribution in [0.5, 0.6) is 11.5 Å². The van der Waals surface area contributed by atoms with Crippen molar-refractivity contribution in [2.24, 2.45) is 4.99 Å². The first-order chi connectivity index (χ1) is 16.3. The maximum absolute atomic E-state index is 13.3. The van der Waals surface area contributed by atoms with Gasteiger partial charge >= 0.3 is 0 Å². The summed E-state index contributed by atoms with van der Waals surface area (Å²) in [6.07, 6.45) is 1.64. The number of benzene rings is 1. The minimum Gasteiger partial charge on any atom is -0.497 e. The summed E-state index contributed by atoms with van der Waals surface area (Å²) in [6.45, 7) is 5.61. The number of hydrogen-bond acceptors (Lipinski definition) is 6. The molecule has 0 aliphatic heterocycles. The molecule has 34 heavy (non-hydrogen) atoms. The fourth-order valence-electron chi connectivity index (χ4n) is 3.83. The Labute approximate surface area is 195 Å². The van der Waals surface area contributed by atoms with Gasteiger partial charge in [-0.05, 0) is 50.6 Å². The van der Waals surface area contributed by atoms with Crippen molar-refractivity contribution in [3.05, 3.63) is 75.1 Å². The van der Waals surface area contributed by atoms with Crippen molar-refractivity contribution in [2.45, 2.75) is 26.8 Å². The maximum Gasteiger partial charge on any atom is 0.279 e. The van der Waals surface area contributed by atoms with Crippen LogP contribution in [-0.4, -0.2) is 34.1 Å². The molecule has 3 heterocycles. The molecular formula is C25H23N5O4. The molecule has 3 aromatic heterocycles. The lowest BCUT2D eigenvalue weighted by Crippen LogP contribution is -2.30. The summed E-state index contributed by atoms with van der Waals surface area (Å²) in [7, 11) is 2.97. The minimum absolute atomic E-state index is 0.0934. The van der Waals surface area contributed by atoms with Crippen molar-refractivity contribution < 1.29 is 14.3 Å². The lowest BCUT2D eigenvalue weighted by atomic mass is 10.1. The molecule has 9 heteroatoms. The number of hydrogen-bond donors (Lipinski definition) is 0. The van der Waals surface area contributed by atoms with Gasteiger partial charge in [0.2, 0.25) is 0 Å². The Morgan fingerprint density at radius 2 is 1.79 bits per heavy atom. The standard InChI is InChI=1S/C25H23N5O4/c1-14(2)30-22(28-24(31)16-9-18(33-4)12-19(10-16)34-5)17(13-26)11-20-23(30)27-21-15(3)7-6-8-29(21)25(20)32/h6-12,14H,1-5H3. The van der Waals surface area contributed by atoms with E-state index >= 15 is 0 Å². The van der Waals surface area contributed by atoms with Gasteiger partial charge in [-0.15, -0.1) is 0 Å². The Kier molecular flexibility index (Phi) is 5.90. The zero-order chi connectivity index (χ0) is 24.6. The largest absolute Gasteiger partial charge is 0.497 e. The Balaban J connectivity index is 2.09. The first-order valence-corrected chi connectivity index (χ1v) is 10.6. The van der Waals surface area contributed by atoms with Gasteiger partial charge in [-0.25, -0.2) is 4.98 Å². The summed E-state index contributed by atoms with van der Waals surface area (Å²) < 4.78 is 13.6. The number of methoxy groups -OCH3 is 2. The third kappa shape index (κ3) is 3.79. The van der Waals surface area contributed by atoms with E-state index in [1.54, 1.807) is 35.0 Å². The predicted octanol–water partition coefficient (Wildman–Crippen LogP) is 3.17. The van der Waals surface area contributed by atoms with Gasteiger partial charge < -0.3 is 14.0 Å². The molecule has 0 fully saturated rings. The number of amides is 1. The van der Waals surface area contributed by atoms with Crippen LogP contribution >= 0.6 is 0 Å². The molecule has 0 unspecified atom stereocenters. The summed E-state index contributed by atoms with van der Waals surface area (Å²) in [5, 5.41) is 10.1. The predicted molar refractivity (Wildman–Crippen MR) is 126 cm³/mol. The van der Waals surface area contributed by atoms with Crippen LogP contribution in [0.3, 0.4) is 0 Å². The SMILES string of the molecule is COc1cc(OC)cc(C(=O)N=c2c(C#N)cc3c(=O)n4cccc(C)c4nc3n2C(C)C)c1.